The van der Waals surface area contributed by atoms with Crippen molar-refractivity contribution in [2.75, 3.05) is 5.73 Å². The summed E-state index contributed by atoms with van der Waals surface area (Å²) in [6.07, 6.45) is 5.42. The number of aryl methyl sites for hydroxylation is 3. The van der Waals surface area contributed by atoms with Gasteiger partial charge in [0.1, 0.15) is 29.7 Å². The van der Waals surface area contributed by atoms with Crippen LogP contribution in [-0.4, -0.2) is 0 Å². The molecule has 1 aromatic heterocycles. The van der Waals surface area contributed by atoms with Crippen LogP contribution >= 0.6 is 15.9 Å². The third-order valence-corrected chi connectivity index (χ3v) is 6.63. The molecular weight excluding hydrogens is 450 g/mol. The molecule has 31 heavy (non-hydrogen) atoms. The van der Waals surface area contributed by atoms with Crippen molar-refractivity contribution in [1.29, 1.82) is 5.26 Å². The molecule has 158 valence electrons. The third kappa shape index (κ3) is 4.45. The lowest BCUT2D eigenvalue weighted by Crippen LogP contribution is -2.22. The van der Waals surface area contributed by atoms with Gasteiger partial charge in [-0.05, 0) is 85.7 Å². The SMILES string of the molecule is Cc1cc(C)c(-c2c(C#N)c(N)[nH+]c3c2CCCCC3)cc1COc1ccc(Br)cc1. The summed E-state index contributed by atoms with van der Waals surface area (Å²) in [6.45, 7) is 4.69. The van der Waals surface area contributed by atoms with E-state index in [1.54, 1.807) is 0 Å². The number of pyridine rings is 1. The first-order valence-electron chi connectivity index (χ1n) is 10.7. The van der Waals surface area contributed by atoms with Crippen LogP contribution in [-0.2, 0) is 19.4 Å². The van der Waals surface area contributed by atoms with E-state index in [1.165, 1.54) is 23.2 Å². The Hall–Kier alpha value is -2.84. The van der Waals surface area contributed by atoms with Crippen LogP contribution in [0.15, 0.2) is 40.9 Å². The zero-order valence-electron chi connectivity index (χ0n) is 18.0. The Morgan fingerprint density at radius 3 is 2.55 bits per heavy atom. The van der Waals surface area contributed by atoms with E-state index in [-0.39, 0.29) is 0 Å². The predicted octanol–water partition coefficient (Wildman–Crippen LogP) is 5.85. The molecule has 0 aliphatic heterocycles. The molecule has 1 aliphatic carbocycles. The van der Waals surface area contributed by atoms with Gasteiger partial charge in [0.25, 0.3) is 5.82 Å². The molecule has 4 nitrogen and oxygen atoms in total. The number of hydrogen-bond acceptors (Lipinski definition) is 3. The normalized spacial score (nSPS) is 13.2. The number of nitrogens with two attached hydrogens (primary N) is 1. The van der Waals surface area contributed by atoms with Gasteiger partial charge in [0.2, 0.25) is 0 Å². The summed E-state index contributed by atoms with van der Waals surface area (Å²) < 4.78 is 7.08. The number of rotatable bonds is 4. The number of ether oxygens (including phenoxy) is 1. The number of H-pyrrole nitrogens is 1. The zero-order valence-corrected chi connectivity index (χ0v) is 19.6. The van der Waals surface area contributed by atoms with E-state index in [9.17, 15) is 5.26 Å². The number of aromatic nitrogens is 1. The van der Waals surface area contributed by atoms with Crippen molar-refractivity contribution in [2.24, 2.45) is 0 Å². The number of nitrogen functional groups attached to an aromatic ring is 1. The van der Waals surface area contributed by atoms with Gasteiger partial charge in [0.05, 0.1) is 0 Å². The van der Waals surface area contributed by atoms with Gasteiger partial charge in [0.15, 0.2) is 0 Å². The van der Waals surface area contributed by atoms with E-state index < -0.39 is 0 Å². The molecule has 0 amide bonds. The highest BCUT2D eigenvalue weighted by atomic mass is 79.9. The Labute approximate surface area is 192 Å². The molecule has 3 aromatic rings. The average molecular weight is 477 g/mol. The van der Waals surface area contributed by atoms with Crippen LogP contribution in [0.2, 0.25) is 0 Å². The monoisotopic (exact) mass is 476 g/mol. The summed E-state index contributed by atoms with van der Waals surface area (Å²) in [4.78, 5) is 3.32. The Bertz CT molecular complexity index is 1160. The summed E-state index contributed by atoms with van der Waals surface area (Å²) in [6, 6.07) is 14.6. The second kappa shape index (κ2) is 9.11. The fraction of sp³-hybridized carbons (Fsp3) is 0.308. The summed E-state index contributed by atoms with van der Waals surface area (Å²) >= 11 is 3.46. The number of hydrogen-bond donors (Lipinski definition) is 1. The average Bonchev–Trinajstić information content (AvgIpc) is 2.99. The molecule has 3 N–H and O–H groups in total. The van der Waals surface area contributed by atoms with Crippen LogP contribution in [0.1, 0.15) is 52.8 Å². The Morgan fingerprint density at radius 1 is 1.06 bits per heavy atom. The number of nitrogens with one attached hydrogen (secondary N) is 1. The first-order chi connectivity index (χ1) is 15.0. The van der Waals surface area contributed by atoms with E-state index >= 15 is 0 Å². The second-order valence-electron chi connectivity index (χ2n) is 8.25. The molecule has 1 heterocycles. The number of fused-ring (bicyclic) bond motifs is 1. The molecule has 0 fully saturated rings. The molecule has 0 saturated carbocycles. The molecule has 0 bridgehead atoms. The van der Waals surface area contributed by atoms with Crippen LogP contribution in [0, 0.1) is 25.2 Å². The first-order valence-corrected chi connectivity index (χ1v) is 11.5. The van der Waals surface area contributed by atoms with Crippen LogP contribution < -0.4 is 15.5 Å². The lowest BCUT2D eigenvalue weighted by Gasteiger charge is -2.18. The number of nitriles is 1. The molecule has 0 spiro atoms. The molecule has 0 radical (unpaired) electrons. The Morgan fingerprint density at radius 2 is 1.81 bits per heavy atom. The highest BCUT2D eigenvalue weighted by Gasteiger charge is 2.25. The lowest BCUT2D eigenvalue weighted by atomic mass is 9.87. The maximum absolute atomic E-state index is 9.94. The summed E-state index contributed by atoms with van der Waals surface area (Å²) in [7, 11) is 0. The van der Waals surface area contributed by atoms with Gasteiger partial charge >= 0.3 is 0 Å². The van der Waals surface area contributed by atoms with Gasteiger partial charge in [-0.1, -0.05) is 28.4 Å². The standard InChI is InChI=1S/C26H26BrN3O/c1-16-12-17(2)22(13-18(16)15-31-20-10-8-19(27)9-11-20)25-21-6-4-3-5-7-24(21)30-26(29)23(25)14-28/h8-13H,3-7,15H2,1-2H3,(H2,29,30)/p+1. The summed E-state index contributed by atoms with van der Waals surface area (Å²) in [5, 5.41) is 9.94. The van der Waals surface area contributed by atoms with E-state index in [0.717, 1.165) is 58.2 Å². The number of anilines is 1. The topological polar surface area (TPSA) is 73.2 Å². The van der Waals surface area contributed by atoms with Crippen LogP contribution in [0.4, 0.5) is 5.82 Å². The van der Waals surface area contributed by atoms with Gasteiger partial charge in [-0.3, -0.25) is 5.73 Å². The predicted molar refractivity (Wildman–Crippen MR) is 127 cm³/mol. The number of nitrogens with zero attached hydrogens (tertiary/aromatic N) is 1. The van der Waals surface area contributed by atoms with Crippen molar-refractivity contribution in [3.8, 4) is 22.9 Å². The van der Waals surface area contributed by atoms with E-state index in [0.29, 0.717) is 18.0 Å². The molecule has 1 aliphatic rings. The third-order valence-electron chi connectivity index (χ3n) is 6.10. The van der Waals surface area contributed by atoms with E-state index in [4.69, 9.17) is 10.5 Å². The van der Waals surface area contributed by atoms with Crippen LogP contribution in [0.5, 0.6) is 5.75 Å². The Kier molecular flexibility index (Phi) is 6.29. The maximum atomic E-state index is 9.94. The molecular formula is C26H27BrN3O+. The zero-order chi connectivity index (χ0) is 22.0. The van der Waals surface area contributed by atoms with Gasteiger partial charge in [-0.2, -0.15) is 5.26 Å². The Balaban J connectivity index is 1.79. The molecule has 4 rings (SSSR count). The smallest absolute Gasteiger partial charge is 0.289 e. The largest absolute Gasteiger partial charge is 0.489 e. The van der Waals surface area contributed by atoms with Crippen molar-refractivity contribution in [3.05, 3.63) is 74.4 Å². The van der Waals surface area contributed by atoms with Crippen LogP contribution in [0.25, 0.3) is 11.1 Å². The van der Waals surface area contributed by atoms with Crippen LogP contribution in [0.3, 0.4) is 0 Å². The lowest BCUT2D eigenvalue weighted by molar-refractivity contribution is -0.373. The molecule has 5 heteroatoms. The molecule has 0 atom stereocenters. The summed E-state index contributed by atoms with van der Waals surface area (Å²) in [5.41, 5.74) is 14.8. The van der Waals surface area contributed by atoms with Crippen molar-refractivity contribution < 1.29 is 9.72 Å². The fourth-order valence-corrected chi connectivity index (χ4v) is 4.70. The summed E-state index contributed by atoms with van der Waals surface area (Å²) in [5.74, 6) is 1.29. The highest BCUT2D eigenvalue weighted by molar-refractivity contribution is 9.10. The maximum Gasteiger partial charge on any atom is 0.289 e. The van der Waals surface area contributed by atoms with Crippen molar-refractivity contribution in [2.45, 2.75) is 52.6 Å². The minimum absolute atomic E-state index is 0.464. The van der Waals surface area contributed by atoms with Gasteiger partial charge in [-0.15, -0.1) is 0 Å². The van der Waals surface area contributed by atoms with Gasteiger partial charge < -0.3 is 4.74 Å². The van der Waals surface area contributed by atoms with E-state index in [1.807, 2.05) is 24.3 Å². The highest BCUT2D eigenvalue weighted by Crippen LogP contribution is 2.37. The number of benzene rings is 2. The molecule has 0 unspecified atom stereocenters. The number of aromatic amines is 1. The minimum Gasteiger partial charge on any atom is -0.489 e. The first kappa shape index (κ1) is 21.4. The van der Waals surface area contributed by atoms with E-state index in [2.05, 4.69) is 53.0 Å². The second-order valence-corrected chi connectivity index (χ2v) is 9.17. The molecule has 0 saturated heterocycles. The van der Waals surface area contributed by atoms with Crippen molar-refractivity contribution in [1.82, 2.24) is 0 Å². The molecule has 2 aromatic carbocycles. The van der Waals surface area contributed by atoms with Crippen molar-refractivity contribution >= 4 is 21.7 Å². The van der Waals surface area contributed by atoms with Gasteiger partial charge in [-0.25, -0.2) is 4.98 Å². The minimum atomic E-state index is 0.464. The van der Waals surface area contributed by atoms with Gasteiger partial charge in [0, 0.05) is 22.0 Å². The van der Waals surface area contributed by atoms with Crippen molar-refractivity contribution in [3.63, 3.8) is 0 Å². The number of halogens is 1. The quantitative estimate of drug-likeness (QED) is 0.479. The fourth-order valence-electron chi connectivity index (χ4n) is 4.43.